The maximum Gasteiger partial charge on any atom is 0.305 e. The second-order valence-corrected chi connectivity index (χ2v) is 7.99. The predicted molar refractivity (Wildman–Crippen MR) is 123 cm³/mol. The van der Waals surface area contributed by atoms with Crippen molar-refractivity contribution in [2.24, 2.45) is 0 Å². The monoisotopic (exact) mass is 416 g/mol. The van der Waals surface area contributed by atoms with Crippen LogP contribution >= 0.6 is 0 Å². The van der Waals surface area contributed by atoms with Crippen molar-refractivity contribution >= 4 is 18.0 Å². The molecule has 30 heavy (non-hydrogen) atoms. The van der Waals surface area contributed by atoms with Crippen molar-refractivity contribution in [1.82, 2.24) is 0 Å². The Morgan fingerprint density at radius 2 is 1.33 bits per heavy atom. The van der Waals surface area contributed by atoms with Crippen molar-refractivity contribution in [2.45, 2.75) is 105 Å². The summed E-state index contributed by atoms with van der Waals surface area (Å²) in [5.74, 6) is -0.937. The van der Waals surface area contributed by atoms with Gasteiger partial charge in [0, 0.05) is 19.4 Å². The summed E-state index contributed by atoms with van der Waals surface area (Å²) in [5.41, 5.74) is 3.15. The summed E-state index contributed by atoms with van der Waals surface area (Å²) >= 11 is 0. The fraction of sp³-hybridized carbons (Fsp3) is 0.615. The van der Waals surface area contributed by atoms with Crippen molar-refractivity contribution in [3.63, 3.8) is 0 Å². The van der Waals surface area contributed by atoms with E-state index in [-0.39, 0.29) is 0 Å². The molecule has 0 radical (unpaired) electrons. The second kappa shape index (κ2) is 15.7. The SMILES string of the molecule is CCCCCCCCCCc1ccc(/C=C(\CCC)C(OC(C)=O)OC(C)=O)cc1. The first-order chi connectivity index (χ1) is 14.5. The van der Waals surface area contributed by atoms with Crippen LogP contribution in [0.3, 0.4) is 0 Å². The molecule has 0 N–H and O–H groups in total. The van der Waals surface area contributed by atoms with Crippen LogP contribution in [0, 0.1) is 0 Å². The highest BCUT2D eigenvalue weighted by Crippen LogP contribution is 2.20. The molecule has 1 aromatic carbocycles. The molecule has 0 aliphatic heterocycles. The van der Waals surface area contributed by atoms with Crippen LogP contribution in [0.2, 0.25) is 0 Å². The average Bonchev–Trinajstić information content (AvgIpc) is 2.69. The van der Waals surface area contributed by atoms with Gasteiger partial charge >= 0.3 is 11.9 Å². The Labute approximate surface area is 183 Å². The van der Waals surface area contributed by atoms with Gasteiger partial charge in [-0.25, -0.2) is 0 Å². The molecule has 0 heterocycles. The lowest BCUT2D eigenvalue weighted by molar-refractivity contribution is -0.178. The molecular formula is C26H40O4. The van der Waals surface area contributed by atoms with E-state index in [1.807, 2.05) is 13.0 Å². The summed E-state index contributed by atoms with van der Waals surface area (Å²) in [5, 5.41) is 0. The summed E-state index contributed by atoms with van der Waals surface area (Å²) in [6.07, 6.45) is 14.3. The first-order valence-corrected chi connectivity index (χ1v) is 11.6. The lowest BCUT2D eigenvalue weighted by atomic mass is 10.0. The van der Waals surface area contributed by atoms with Gasteiger partial charge in [0.25, 0.3) is 6.29 Å². The van der Waals surface area contributed by atoms with Gasteiger partial charge in [0.05, 0.1) is 0 Å². The molecule has 0 aliphatic rings. The second-order valence-electron chi connectivity index (χ2n) is 7.99. The van der Waals surface area contributed by atoms with Gasteiger partial charge in [0.2, 0.25) is 0 Å². The highest BCUT2D eigenvalue weighted by molar-refractivity contribution is 5.69. The first-order valence-electron chi connectivity index (χ1n) is 11.6. The van der Waals surface area contributed by atoms with Gasteiger partial charge < -0.3 is 9.47 Å². The third kappa shape index (κ3) is 11.8. The molecule has 0 aromatic heterocycles. The van der Waals surface area contributed by atoms with E-state index in [0.29, 0.717) is 6.42 Å². The van der Waals surface area contributed by atoms with Crippen molar-refractivity contribution in [3.05, 3.63) is 41.0 Å². The molecular weight excluding hydrogens is 376 g/mol. The van der Waals surface area contributed by atoms with Crippen molar-refractivity contribution in [3.8, 4) is 0 Å². The molecule has 0 saturated carbocycles. The van der Waals surface area contributed by atoms with Gasteiger partial charge in [0.1, 0.15) is 0 Å². The number of hydrogen-bond donors (Lipinski definition) is 0. The van der Waals surface area contributed by atoms with E-state index < -0.39 is 18.2 Å². The van der Waals surface area contributed by atoms with E-state index in [0.717, 1.165) is 24.0 Å². The smallest absolute Gasteiger partial charge is 0.305 e. The summed E-state index contributed by atoms with van der Waals surface area (Å²) in [6.45, 7) is 6.93. The van der Waals surface area contributed by atoms with E-state index in [1.54, 1.807) is 0 Å². The number of unbranched alkanes of at least 4 members (excludes halogenated alkanes) is 7. The molecule has 0 atom stereocenters. The molecule has 168 valence electrons. The van der Waals surface area contributed by atoms with Gasteiger partial charge in [0.15, 0.2) is 0 Å². The van der Waals surface area contributed by atoms with E-state index >= 15 is 0 Å². The molecule has 0 unspecified atom stereocenters. The van der Waals surface area contributed by atoms with E-state index in [1.165, 1.54) is 70.8 Å². The zero-order valence-corrected chi connectivity index (χ0v) is 19.4. The highest BCUT2D eigenvalue weighted by atomic mass is 16.7. The Balaban J connectivity index is 2.61. The third-order valence-corrected chi connectivity index (χ3v) is 5.04. The molecule has 0 fully saturated rings. The molecule has 4 heteroatoms. The molecule has 0 aliphatic carbocycles. The van der Waals surface area contributed by atoms with E-state index in [9.17, 15) is 9.59 Å². The van der Waals surface area contributed by atoms with Crippen LogP contribution in [0.15, 0.2) is 29.8 Å². The third-order valence-electron chi connectivity index (χ3n) is 5.04. The molecule has 0 spiro atoms. The Kier molecular flexibility index (Phi) is 13.6. The number of hydrogen-bond acceptors (Lipinski definition) is 4. The maximum absolute atomic E-state index is 11.4. The van der Waals surface area contributed by atoms with Crippen LogP contribution in [0.25, 0.3) is 6.08 Å². The van der Waals surface area contributed by atoms with Crippen LogP contribution in [-0.2, 0) is 25.5 Å². The number of benzene rings is 1. The summed E-state index contributed by atoms with van der Waals surface area (Å²) < 4.78 is 10.5. The minimum absolute atomic E-state index is 0.469. The van der Waals surface area contributed by atoms with Crippen molar-refractivity contribution in [2.75, 3.05) is 0 Å². The van der Waals surface area contributed by atoms with Gasteiger partial charge in [-0.1, -0.05) is 89.5 Å². The molecule has 4 nitrogen and oxygen atoms in total. The number of carbonyl (C=O) groups excluding carboxylic acids is 2. The summed E-state index contributed by atoms with van der Waals surface area (Å²) in [7, 11) is 0. The molecule has 0 bridgehead atoms. The fourth-order valence-electron chi connectivity index (χ4n) is 3.48. The minimum atomic E-state index is -0.961. The lowest BCUT2D eigenvalue weighted by Gasteiger charge is -2.19. The van der Waals surface area contributed by atoms with Gasteiger partial charge in [-0.2, -0.15) is 0 Å². The Morgan fingerprint density at radius 3 is 1.83 bits per heavy atom. The molecule has 1 rings (SSSR count). The van der Waals surface area contributed by atoms with E-state index in [4.69, 9.17) is 9.47 Å². The fourth-order valence-corrected chi connectivity index (χ4v) is 3.48. The van der Waals surface area contributed by atoms with Crippen molar-refractivity contribution < 1.29 is 19.1 Å². The number of rotatable bonds is 15. The number of aryl methyl sites for hydroxylation is 1. The topological polar surface area (TPSA) is 52.6 Å². The minimum Gasteiger partial charge on any atom is -0.421 e. The highest BCUT2D eigenvalue weighted by Gasteiger charge is 2.20. The van der Waals surface area contributed by atoms with Crippen molar-refractivity contribution in [1.29, 1.82) is 0 Å². The molecule has 1 aromatic rings. The Hall–Kier alpha value is -2.10. The predicted octanol–water partition coefficient (Wildman–Crippen LogP) is 7.01. The standard InChI is InChI=1S/C26H40O4/c1-5-7-8-9-10-11-12-13-15-23-16-18-24(19-17-23)20-25(14-6-2)26(29-21(3)27)30-22(4)28/h16-20,26H,5-15H2,1-4H3/b25-20+. The Bertz CT molecular complexity index is 630. The number of ether oxygens (including phenoxy) is 2. The molecule has 0 saturated heterocycles. The number of carbonyl (C=O) groups is 2. The normalized spacial score (nSPS) is 11.6. The Morgan fingerprint density at radius 1 is 0.800 bits per heavy atom. The average molecular weight is 417 g/mol. The zero-order chi connectivity index (χ0) is 22.2. The van der Waals surface area contributed by atoms with Crippen LogP contribution < -0.4 is 0 Å². The maximum atomic E-state index is 11.4. The quantitative estimate of drug-likeness (QED) is 0.175. The molecule has 0 amide bonds. The number of esters is 2. The van der Waals surface area contributed by atoms with Gasteiger partial charge in [-0.3, -0.25) is 9.59 Å². The van der Waals surface area contributed by atoms with Crippen LogP contribution in [-0.4, -0.2) is 18.2 Å². The van der Waals surface area contributed by atoms with Gasteiger partial charge in [-0.15, -0.1) is 0 Å². The van der Waals surface area contributed by atoms with Crippen LogP contribution in [0.1, 0.15) is 103 Å². The summed E-state index contributed by atoms with van der Waals surface area (Å²) in [6, 6.07) is 8.47. The lowest BCUT2D eigenvalue weighted by Crippen LogP contribution is -2.24. The zero-order valence-electron chi connectivity index (χ0n) is 19.4. The first kappa shape index (κ1) is 25.9. The summed E-state index contributed by atoms with van der Waals surface area (Å²) in [4.78, 5) is 22.8. The largest absolute Gasteiger partial charge is 0.421 e. The van der Waals surface area contributed by atoms with E-state index in [2.05, 4.69) is 31.2 Å². The van der Waals surface area contributed by atoms with Gasteiger partial charge in [-0.05, 0) is 36.5 Å². The van der Waals surface area contributed by atoms with Crippen LogP contribution in [0.5, 0.6) is 0 Å². The van der Waals surface area contributed by atoms with Crippen LogP contribution in [0.4, 0.5) is 0 Å².